The molecule has 2 amide bonds. The number of nitrogens with zero attached hydrogens (tertiary/aromatic N) is 2. The van der Waals surface area contributed by atoms with Gasteiger partial charge in [0.25, 0.3) is 0 Å². The molecular formula is C27H39N5O3. The second-order valence-corrected chi connectivity index (χ2v) is 11.1. The molecule has 8 nitrogen and oxygen atoms in total. The Morgan fingerprint density at radius 1 is 1.14 bits per heavy atom. The Morgan fingerprint density at radius 2 is 1.83 bits per heavy atom. The second kappa shape index (κ2) is 10.5. The number of aryl methyl sites for hydroxylation is 1. The number of anilines is 1. The number of aliphatic hydroxyl groups is 1. The Labute approximate surface area is 207 Å². The average molecular weight is 482 g/mol. The van der Waals surface area contributed by atoms with Crippen LogP contribution in [0.1, 0.15) is 82.2 Å². The third-order valence-electron chi connectivity index (χ3n) is 7.28. The monoisotopic (exact) mass is 481 g/mol. The van der Waals surface area contributed by atoms with E-state index in [4.69, 9.17) is 0 Å². The van der Waals surface area contributed by atoms with Crippen LogP contribution in [0.5, 0.6) is 0 Å². The molecule has 1 aliphatic heterocycles. The molecule has 1 aromatic carbocycles. The molecule has 1 saturated carbocycles. The van der Waals surface area contributed by atoms with E-state index < -0.39 is 18.2 Å². The van der Waals surface area contributed by atoms with Gasteiger partial charge >= 0.3 is 0 Å². The number of carbonyl (C=O) groups is 2. The van der Waals surface area contributed by atoms with Crippen molar-refractivity contribution in [1.82, 2.24) is 20.8 Å². The van der Waals surface area contributed by atoms with Gasteiger partial charge in [-0.1, -0.05) is 52.2 Å². The third kappa shape index (κ3) is 5.76. The van der Waals surface area contributed by atoms with Crippen LogP contribution in [0.4, 0.5) is 5.69 Å². The van der Waals surface area contributed by atoms with Gasteiger partial charge < -0.3 is 15.7 Å². The first-order chi connectivity index (χ1) is 16.6. The van der Waals surface area contributed by atoms with Gasteiger partial charge in [0.05, 0.1) is 18.3 Å². The summed E-state index contributed by atoms with van der Waals surface area (Å²) in [6.45, 7) is 8.65. The van der Waals surface area contributed by atoms with Crippen molar-refractivity contribution in [3.63, 3.8) is 0 Å². The molecule has 2 aliphatic rings. The largest absolute Gasteiger partial charge is 0.392 e. The molecule has 3 atom stereocenters. The number of nitrogens with one attached hydrogen (secondary N) is 3. The molecule has 2 aromatic rings. The Hall–Kier alpha value is -2.71. The van der Waals surface area contributed by atoms with E-state index in [0.717, 1.165) is 36.9 Å². The number of aromatic nitrogens is 2. The fourth-order valence-corrected chi connectivity index (χ4v) is 5.16. The Morgan fingerprint density at radius 3 is 2.37 bits per heavy atom. The third-order valence-corrected chi connectivity index (χ3v) is 7.28. The van der Waals surface area contributed by atoms with E-state index in [1.54, 1.807) is 11.1 Å². The number of benzene rings is 1. The van der Waals surface area contributed by atoms with Crippen LogP contribution >= 0.6 is 0 Å². The van der Waals surface area contributed by atoms with Crippen molar-refractivity contribution in [1.29, 1.82) is 0 Å². The zero-order chi connectivity index (χ0) is 25.2. The second-order valence-electron chi connectivity index (χ2n) is 11.1. The summed E-state index contributed by atoms with van der Waals surface area (Å²) in [5.74, 6) is -0.428. The summed E-state index contributed by atoms with van der Waals surface area (Å²) in [5, 5.41) is 23.6. The van der Waals surface area contributed by atoms with E-state index in [0.29, 0.717) is 24.2 Å². The smallest absolute Gasteiger partial charge is 0.248 e. The van der Waals surface area contributed by atoms with E-state index in [1.165, 1.54) is 6.42 Å². The number of β-amino-alcohol motifs (C(OH)–C–C–N with tert-alkyl or cyclic N) is 1. The molecule has 0 bridgehead atoms. The highest BCUT2D eigenvalue weighted by molar-refractivity contribution is 6.04. The molecule has 1 aliphatic carbocycles. The van der Waals surface area contributed by atoms with E-state index in [-0.39, 0.29) is 23.3 Å². The zero-order valence-electron chi connectivity index (χ0n) is 21.3. The normalized spacial score (nSPS) is 22.1. The molecule has 0 spiro atoms. The van der Waals surface area contributed by atoms with Crippen LogP contribution in [0.3, 0.4) is 0 Å². The number of hydrogen-bond donors (Lipinski definition) is 4. The number of rotatable bonds is 6. The van der Waals surface area contributed by atoms with Gasteiger partial charge in [0, 0.05) is 29.5 Å². The SMILES string of the molecule is Cc1[nH]ncc1C(C(=O)NC1CCCCC1)N(C(=O)C1CC(O)CN1)c1ccc(C(C)(C)C)cc1. The number of hydrogen-bond acceptors (Lipinski definition) is 5. The van der Waals surface area contributed by atoms with E-state index in [2.05, 4.69) is 41.6 Å². The van der Waals surface area contributed by atoms with E-state index in [9.17, 15) is 14.7 Å². The highest BCUT2D eigenvalue weighted by Crippen LogP contribution is 2.33. The fourth-order valence-electron chi connectivity index (χ4n) is 5.16. The minimum absolute atomic E-state index is 0.0383. The summed E-state index contributed by atoms with van der Waals surface area (Å²) >= 11 is 0. The van der Waals surface area contributed by atoms with Crippen molar-refractivity contribution in [3.8, 4) is 0 Å². The molecule has 0 radical (unpaired) electrons. The first-order valence-electron chi connectivity index (χ1n) is 12.8. The lowest BCUT2D eigenvalue weighted by Crippen LogP contribution is -2.51. The molecule has 190 valence electrons. The maximum atomic E-state index is 14.0. The van der Waals surface area contributed by atoms with Crippen LogP contribution in [0, 0.1) is 6.92 Å². The first-order valence-corrected chi connectivity index (χ1v) is 12.8. The standard InChI is InChI=1S/C27H39N5O3/c1-17-22(16-29-31-17)24(25(34)30-19-8-6-5-7-9-19)32(26(35)23-14-21(33)15-28-23)20-12-10-18(11-13-20)27(2,3)4/h10-13,16,19,21,23-24,28,33H,5-9,14-15H2,1-4H3,(H,29,31)(H,30,34). The minimum Gasteiger partial charge on any atom is -0.392 e. The lowest BCUT2D eigenvalue weighted by Gasteiger charge is -2.35. The molecule has 35 heavy (non-hydrogen) atoms. The van der Waals surface area contributed by atoms with Crippen molar-refractivity contribution in [2.45, 2.75) is 95.9 Å². The van der Waals surface area contributed by atoms with Gasteiger partial charge in [0.15, 0.2) is 0 Å². The van der Waals surface area contributed by atoms with Crippen LogP contribution < -0.4 is 15.5 Å². The zero-order valence-corrected chi connectivity index (χ0v) is 21.3. The lowest BCUT2D eigenvalue weighted by molar-refractivity contribution is -0.128. The summed E-state index contributed by atoms with van der Waals surface area (Å²) < 4.78 is 0. The van der Waals surface area contributed by atoms with Crippen molar-refractivity contribution in [3.05, 3.63) is 47.3 Å². The number of amides is 2. The Kier molecular flexibility index (Phi) is 7.62. The van der Waals surface area contributed by atoms with Gasteiger partial charge in [0.1, 0.15) is 6.04 Å². The Balaban J connectivity index is 1.75. The van der Waals surface area contributed by atoms with Gasteiger partial charge in [-0.2, -0.15) is 5.10 Å². The predicted octanol–water partition coefficient (Wildman–Crippen LogP) is 3.26. The lowest BCUT2D eigenvalue weighted by atomic mass is 9.87. The Bertz CT molecular complexity index is 1020. The summed E-state index contributed by atoms with van der Waals surface area (Å²) in [6.07, 6.45) is 6.66. The summed E-state index contributed by atoms with van der Waals surface area (Å²) in [6, 6.07) is 6.54. The summed E-state index contributed by atoms with van der Waals surface area (Å²) in [4.78, 5) is 29.4. The fraction of sp³-hybridized carbons (Fsp3) is 0.593. The topological polar surface area (TPSA) is 110 Å². The molecule has 8 heteroatoms. The number of H-pyrrole nitrogens is 1. The molecule has 3 unspecified atom stereocenters. The maximum absolute atomic E-state index is 14.0. The number of aromatic amines is 1. The van der Waals surface area contributed by atoms with Gasteiger partial charge in [-0.25, -0.2) is 0 Å². The van der Waals surface area contributed by atoms with Crippen LogP contribution in [-0.2, 0) is 15.0 Å². The molecule has 4 rings (SSSR count). The van der Waals surface area contributed by atoms with E-state index in [1.807, 2.05) is 31.2 Å². The molecule has 2 fully saturated rings. The van der Waals surface area contributed by atoms with Gasteiger partial charge in [-0.15, -0.1) is 0 Å². The van der Waals surface area contributed by atoms with Gasteiger partial charge in [-0.3, -0.25) is 19.6 Å². The summed E-state index contributed by atoms with van der Waals surface area (Å²) in [5.41, 5.74) is 3.17. The first kappa shape index (κ1) is 25.4. The molecular weight excluding hydrogens is 442 g/mol. The maximum Gasteiger partial charge on any atom is 0.248 e. The van der Waals surface area contributed by atoms with Crippen LogP contribution in [0.25, 0.3) is 0 Å². The summed E-state index contributed by atoms with van der Waals surface area (Å²) in [7, 11) is 0. The predicted molar refractivity (Wildman–Crippen MR) is 136 cm³/mol. The quantitative estimate of drug-likeness (QED) is 0.506. The molecule has 2 heterocycles. The van der Waals surface area contributed by atoms with Gasteiger partial charge in [0.2, 0.25) is 11.8 Å². The molecule has 4 N–H and O–H groups in total. The number of aliphatic hydroxyl groups excluding tert-OH is 1. The van der Waals surface area contributed by atoms with Gasteiger partial charge in [-0.05, 0) is 49.3 Å². The minimum atomic E-state index is -0.872. The van der Waals surface area contributed by atoms with Crippen molar-refractivity contribution >= 4 is 17.5 Å². The highest BCUT2D eigenvalue weighted by atomic mass is 16.3. The molecule has 1 aromatic heterocycles. The van der Waals surface area contributed by atoms with Crippen molar-refractivity contribution in [2.24, 2.45) is 0 Å². The average Bonchev–Trinajstić information content (AvgIpc) is 3.45. The molecule has 1 saturated heterocycles. The van der Waals surface area contributed by atoms with Crippen LogP contribution in [0.15, 0.2) is 30.5 Å². The number of carbonyl (C=O) groups excluding carboxylic acids is 2. The van der Waals surface area contributed by atoms with E-state index >= 15 is 0 Å². The van der Waals surface area contributed by atoms with Crippen LogP contribution in [0.2, 0.25) is 0 Å². The highest BCUT2D eigenvalue weighted by Gasteiger charge is 2.40. The van der Waals surface area contributed by atoms with Crippen molar-refractivity contribution < 1.29 is 14.7 Å². The van der Waals surface area contributed by atoms with Crippen molar-refractivity contribution in [2.75, 3.05) is 11.4 Å². The van der Waals surface area contributed by atoms with Crippen LogP contribution in [-0.4, -0.2) is 51.9 Å².